The summed E-state index contributed by atoms with van der Waals surface area (Å²) in [6, 6.07) is 30.1. The zero-order chi connectivity index (χ0) is 48.0. The van der Waals surface area contributed by atoms with E-state index in [1.807, 2.05) is 31.2 Å². The molecule has 0 saturated carbocycles. The predicted octanol–water partition coefficient (Wildman–Crippen LogP) is 7.46. The smallest absolute Gasteiger partial charge is 0.403 e. The molecule has 0 radical (unpaired) electrons. The number of fused-ring (bicyclic) bond motifs is 2. The molecule has 0 fully saturated rings. The number of rotatable bonds is 18. The molecular formula is C50H51F3N2O11. The summed E-state index contributed by atoms with van der Waals surface area (Å²) < 4.78 is 77.6. The van der Waals surface area contributed by atoms with Gasteiger partial charge in [0, 0.05) is 28.3 Å². The molecule has 6 aromatic rings. The average Bonchev–Trinajstić information content (AvgIpc) is 3.28. The lowest BCUT2D eigenvalue weighted by Gasteiger charge is -2.38. The number of aliphatic hydroxyl groups is 2. The molecule has 6 rings (SSSR count). The second-order valence-electron chi connectivity index (χ2n) is 16.0. The summed E-state index contributed by atoms with van der Waals surface area (Å²) in [5.74, 6) is -6.14. The molecule has 66 heavy (non-hydrogen) atoms. The van der Waals surface area contributed by atoms with E-state index in [2.05, 4.69) is 0 Å². The highest BCUT2D eigenvalue weighted by molar-refractivity contribution is 5.90. The van der Waals surface area contributed by atoms with Gasteiger partial charge < -0.3 is 44.4 Å². The fourth-order valence-electron chi connectivity index (χ4n) is 7.42. The minimum Gasteiger partial charge on any atom is -0.497 e. The first-order valence-corrected chi connectivity index (χ1v) is 20.8. The van der Waals surface area contributed by atoms with Crippen LogP contribution in [0.15, 0.2) is 121 Å². The molecule has 16 heteroatoms. The second kappa shape index (κ2) is 20.2. The van der Waals surface area contributed by atoms with Crippen LogP contribution in [-0.4, -0.2) is 72.9 Å². The van der Waals surface area contributed by atoms with E-state index in [-0.39, 0.29) is 16.9 Å². The minimum absolute atomic E-state index is 0.0160. The van der Waals surface area contributed by atoms with Crippen LogP contribution in [-0.2, 0) is 40.1 Å². The van der Waals surface area contributed by atoms with Crippen LogP contribution >= 0.6 is 0 Å². The predicted molar refractivity (Wildman–Crippen MR) is 238 cm³/mol. The van der Waals surface area contributed by atoms with Gasteiger partial charge in [-0.05, 0) is 85.1 Å². The standard InChI is InChI=1S/C50H51F3N2O11/c1-29-16-23-39-33(24-29)12-9-14-40(39)63-37(26-43(56)62-5)27-48(55,34-19-21-36(61-4)22-20-34)65-46(59)44(57)45(58)47(60)66-49(28-42(54)50(51,52)53,35-18-17-30(2)31(3)25-35)64-41-15-8-11-32-10-6-7-13-38(32)41/h6-25,37,42,44-45,57-58H,26-28,54-55H2,1-5H3. The van der Waals surface area contributed by atoms with Crippen molar-refractivity contribution in [2.45, 2.75) is 82.1 Å². The number of aliphatic hydroxyl groups excluding tert-OH is 2. The number of alkyl halides is 3. The van der Waals surface area contributed by atoms with Gasteiger partial charge in [-0.3, -0.25) is 10.5 Å². The number of methoxy groups -OCH3 is 2. The maximum Gasteiger partial charge on any atom is 0.403 e. The monoisotopic (exact) mass is 912 g/mol. The van der Waals surface area contributed by atoms with E-state index in [1.54, 1.807) is 68.4 Å². The lowest BCUT2D eigenvalue weighted by atomic mass is 9.94. The summed E-state index contributed by atoms with van der Waals surface area (Å²) in [6.07, 6.45) is -13.9. The number of nitrogens with two attached hydrogens (primary N) is 2. The van der Waals surface area contributed by atoms with E-state index in [1.165, 1.54) is 56.7 Å². The Balaban J connectivity index is 1.36. The number of carbonyl (C=O) groups excluding carboxylic acids is 3. The molecule has 0 bridgehead atoms. The number of halogens is 3. The van der Waals surface area contributed by atoms with E-state index < -0.39 is 79.2 Å². The zero-order valence-corrected chi connectivity index (χ0v) is 36.8. The number of benzene rings is 6. The summed E-state index contributed by atoms with van der Waals surface area (Å²) in [5, 5.41) is 25.4. The lowest BCUT2D eigenvalue weighted by Crippen LogP contribution is -2.53. The first-order chi connectivity index (χ1) is 31.3. The van der Waals surface area contributed by atoms with Gasteiger partial charge in [-0.2, -0.15) is 13.2 Å². The molecular weight excluding hydrogens is 862 g/mol. The highest BCUT2D eigenvalue weighted by Crippen LogP contribution is 2.41. The van der Waals surface area contributed by atoms with Gasteiger partial charge >= 0.3 is 24.1 Å². The Morgan fingerprint density at radius 1 is 0.667 bits per heavy atom. The molecule has 6 atom stereocenters. The topological polar surface area (TPSA) is 199 Å². The summed E-state index contributed by atoms with van der Waals surface area (Å²) >= 11 is 0. The van der Waals surface area contributed by atoms with Gasteiger partial charge in [-0.25, -0.2) is 9.59 Å². The molecule has 0 saturated heterocycles. The fraction of sp³-hybridized carbons (Fsp3) is 0.300. The molecule has 6 unspecified atom stereocenters. The van der Waals surface area contributed by atoms with Crippen molar-refractivity contribution in [1.82, 2.24) is 0 Å². The molecule has 6 aromatic carbocycles. The van der Waals surface area contributed by atoms with Crippen molar-refractivity contribution in [3.8, 4) is 17.2 Å². The SMILES string of the molecule is COC(=O)CC(CC(N)(OC(=O)C(O)C(O)C(=O)OC(CC(N)C(F)(F)F)(Oc1cccc2ccccc12)c1ccc(C)c(C)c1)c1ccc(OC)cc1)Oc1cccc2cc(C)ccc12. The summed E-state index contributed by atoms with van der Waals surface area (Å²) in [7, 11) is 2.60. The number of ether oxygens (including phenoxy) is 6. The highest BCUT2D eigenvalue weighted by Gasteiger charge is 2.51. The maximum atomic E-state index is 14.4. The number of carbonyl (C=O) groups is 3. The Bertz CT molecular complexity index is 2690. The largest absolute Gasteiger partial charge is 0.497 e. The van der Waals surface area contributed by atoms with Crippen molar-refractivity contribution in [3.05, 3.63) is 149 Å². The number of aryl methyl sites for hydroxylation is 3. The van der Waals surface area contributed by atoms with Crippen molar-refractivity contribution in [2.24, 2.45) is 11.5 Å². The molecule has 348 valence electrons. The second-order valence-corrected chi connectivity index (χ2v) is 16.0. The van der Waals surface area contributed by atoms with E-state index in [4.69, 9.17) is 39.9 Å². The van der Waals surface area contributed by atoms with Gasteiger partial charge in [0.1, 0.15) is 29.4 Å². The van der Waals surface area contributed by atoms with Gasteiger partial charge in [-0.15, -0.1) is 0 Å². The third-order valence-corrected chi connectivity index (χ3v) is 11.2. The summed E-state index contributed by atoms with van der Waals surface area (Å²) in [6.45, 7) is 5.35. The normalized spacial score (nSPS) is 15.3. The van der Waals surface area contributed by atoms with Crippen LogP contribution in [0.1, 0.15) is 47.1 Å². The first kappa shape index (κ1) is 48.7. The van der Waals surface area contributed by atoms with Crippen molar-refractivity contribution in [2.75, 3.05) is 14.2 Å². The van der Waals surface area contributed by atoms with E-state index in [0.29, 0.717) is 33.2 Å². The van der Waals surface area contributed by atoms with Crippen LogP contribution in [0.3, 0.4) is 0 Å². The number of hydrogen-bond acceptors (Lipinski definition) is 13. The fourth-order valence-corrected chi connectivity index (χ4v) is 7.42. The van der Waals surface area contributed by atoms with Crippen molar-refractivity contribution in [1.29, 1.82) is 0 Å². The lowest BCUT2D eigenvalue weighted by molar-refractivity contribution is -0.234. The van der Waals surface area contributed by atoms with E-state index in [9.17, 15) is 37.8 Å². The van der Waals surface area contributed by atoms with E-state index in [0.717, 1.165) is 16.5 Å². The molecule has 13 nitrogen and oxygen atoms in total. The zero-order valence-electron chi connectivity index (χ0n) is 36.8. The van der Waals surface area contributed by atoms with Crippen LogP contribution in [0.25, 0.3) is 21.5 Å². The van der Waals surface area contributed by atoms with Gasteiger partial charge in [0.15, 0.2) is 17.9 Å². The van der Waals surface area contributed by atoms with Crippen LogP contribution in [0, 0.1) is 20.8 Å². The maximum absolute atomic E-state index is 14.4. The van der Waals surface area contributed by atoms with Gasteiger partial charge in [0.05, 0.1) is 27.1 Å². The molecule has 0 amide bonds. The van der Waals surface area contributed by atoms with E-state index >= 15 is 0 Å². The van der Waals surface area contributed by atoms with Crippen LogP contribution < -0.4 is 25.7 Å². The quantitative estimate of drug-likeness (QED) is 0.0377. The van der Waals surface area contributed by atoms with Crippen molar-refractivity contribution in [3.63, 3.8) is 0 Å². The number of hydrogen-bond donors (Lipinski definition) is 4. The van der Waals surface area contributed by atoms with Gasteiger partial charge in [-0.1, -0.05) is 84.4 Å². The first-order valence-electron chi connectivity index (χ1n) is 20.8. The molecule has 0 aliphatic carbocycles. The van der Waals surface area contributed by atoms with Crippen molar-refractivity contribution < 1.29 is 66.2 Å². The summed E-state index contributed by atoms with van der Waals surface area (Å²) in [5.41, 5.74) is 12.6. The Hall–Kier alpha value is -6.72. The minimum atomic E-state index is -5.03. The van der Waals surface area contributed by atoms with Crippen LogP contribution in [0.4, 0.5) is 13.2 Å². The molecule has 0 heterocycles. The average molecular weight is 913 g/mol. The molecule has 0 aliphatic rings. The van der Waals surface area contributed by atoms with Gasteiger partial charge in [0.2, 0.25) is 0 Å². The summed E-state index contributed by atoms with van der Waals surface area (Å²) in [4.78, 5) is 40.9. The molecule has 6 N–H and O–H groups in total. The Kier molecular flexibility index (Phi) is 14.9. The Labute approximate surface area is 378 Å². The number of esters is 3. The Morgan fingerprint density at radius 3 is 1.92 bits per heavy atom. The molecule has 0 aliphatic heterocycles. The van der Waals surface area contributed by atoms with Crippen molar-refractivity contribution >= 4 is 39.5 Å². The van der Waals surface area contributed by atoms with Gasteiger partial charge in [0.25, 0.3) is 5.79 Å². The highest BCUT2D eigenvalue weighted by atomic mass is 19.4. The third-order valence-electron chi connectivity index (χ3n) is 11.2. The third kappa shape index (κ3) is 11.2. The molecule has 0 aromatic heterocycles. The Morgan fingerprint density at radius 2 is 1.27 bits per heavy atom. The van der Waals surface area contributed by atoms with Crippen LogP contribution in [0.5, 0.6) is 17.2 Å². The van der Waals surface area contributed by atoms with Crippen LogP contribution in [0.2, 0.25) is 0 Å². The molecule has 0 spiro atoms.